The SMILES string of the molecule is COCCNC(=O)c1ccc(C)cc1. The highest BCUT2D eigenvalue weighted by Gasteiger charge is 2.02. The molecule has 0 spiro atoms. The molecule has 0 saturated heterocycles. The van der Waals surface area contributed by atoms with Gasteiger partial charge in [0.15, 0.2) is 0 Å². The molecule has 76 valence electrons. The van der Waals surface area contributed by atoms with Crippen molar-refractivity contribution in [3.63, 3.8) is 0 Å². The summed E-state index contributed by atoms with van der Waals surface area (Å²) in [5.41, 5.74) is 1.84. The van der Waals surface area contributed by atoms with Crippen LogP contribution in [0.4, 0.5) is 0 Å². The van der Waals surface area contributed by atoms with Crippen LogP contribution in [0, 0.1) is 6.92 Å². The Balaban J connectivity index is 2.48. The highest BCUT2D eigenvalue weighted by molar-refractivity contribution is 5.94. The molecule has 1 N–H and O–H groups in total. The van der Waals surface area contributed by atoms with Crippen LogP contribution in [-0.2, 0) is 4.74 Å². The second kappa shape index (κ2) is 5.40. The summed E-state index contributed by atoms with van der Waals surface area (Å²) in [5, 5.41) is 2.76. The summed E-state index contributed by atoms with van der Waals surface area (Å²) < 4.78 is 4.83. The third-order valence-corrected chi connectivity index (χ3v) is 1.91. The van der Waals surface area contributed by atoms with Crippen molar-refractivity contribution < 1.29 is 9.53 Å². The average molecular weight is 193 g/mol. The van der Waals surface area contributed by atoms with Crippen LogP contribution < -0.4 is 5.32 Å². The lowest BCUT2D eigenvalue weighted by Crippen LogP contribution is -2.26. The molecular weight excluding hydrogens is 178 g/mol. The summed E-state index contributed by atoms with van der Waals surface area (Å²) in [7, 11) is 1.61. The van der Waals surface area contributed by atoms with Crippen molar-refractivity contribution >= 4 is 5.91 Å². The van der Waals surface area contributed by atoms with Gasteiger partial charge in [0.2, 0.25) is 0 Å². The van der Waals surface area contributed by atoms with Gasteiger partial charge in [-0.25, -0.2) is 0 Å². The summed E-state index contributed by atoms with van der Waals surface area (Å²) in [4.78, 5) is 11.5. The number of rotatable bonds is 4. The number of carbonyl (C=O) groups excluding carboxylic acids is 1. The van der Waals surface area contributed by atoms with E-state index >= 15 is 0 Å². The molecule has 1 amide bonds. The van der Waals surface area contributed by atoms with Gasteiger partial charge in [-0.15, -0.1) is 0 Å². The van der Waals surface area contributed by atoms with E-state index in [0.29, 0.717) is 18.7 Å². The molecule has 1 aromatic carbocycles. The first-order valence-corrected chi connectivity index (χ1v) is 4.58. The average Bonchev–Trinajstić information content (AvgIpc) is 2.19. The Morgan fingerprint density at radius 2 is 2.00 bits per heavy atom. The van der Waals surface area contributed by atoms with E-state index in [2.05, 4.69) is 5.32 Å². The summed E-state index contributed by atoms with van der Waals surface area (Å²) in [6, 6.07) is 7.48. The largest absolute Gasteiger partial charge is 0.383 e. The molecule has 0 aliphatic carbocycles. The Morgan fingerprint density at radius 1 is 1.36 bits per heavy atom. The maximum Gasteiger partial charge on any atom is 0.251 e. The van der Waals surface area contributed by atoms with Gasteiger partial charge in [0.25, 0.3) is 5.91 Å². The lowest BCUT2D eigenvalue weighted by molar-refractivity contribution is 0.0937. The molecule has 0 heterocycles. The van der Waals surface area contributed by atoms with Crippen molar-refractivity contribution in [2.45, 2.75) is 6.92 Å². The fourth-order valence-corrected chi connectivity index (χ4v) is 1.07. The third-order valence-electron chi connectivity index (χ3n) is 1.91. The molecule has 0 atom stereocenters. The van der Waals surface area contributed by atoms with Crippen molar-refractivity contribution in [3.8, 4) is 0 Å². The van der Waals surface area contributed by atoms with Crippen LogP contribution in [0.15, 0.2) is 24.3 Å². The molecule has 14 heavy (non-hydrogen) atoms. The van der Waals surface area contributed by atoms with Crippen molar-refractivity contribution in [2.24, 2.45) is 0 Å². The Hall–Kier alpha value is -1.35. The van der Waals surface area contributed by atoms with Crippen LogP contribution in [0.25, 0.3) is 0 Å². The molecule has 0 aliphatic heterocycles. The van der Waals surface area contributed by atoms with Gasteiger partial charge in [0, 0.05) is 19.2 Å². The zero-order chi connectivity index (χ0) is 10.4. The molecule has 0 unspecified atom stereocenters. The first kappa shape index (κ1) is 10.7. The highest BCUT2D eigenvalue weighted by Crippen LogP contribution is 2.02. The lowest BCUT2D eigenvalue weighted by atomic mass is 10.1. The quantitative estimate of drug-likeness (QED) is 0.733. The van der Waals surface area contributed by atoms with Crippen molar-refractivity contribution in [2.75, 3.05) is 20.3 Å². The summed E-state index contributed by atoms with van der Waals surface area (Å²) in [6.07, 6.45) is 0. The Labute approximate surface area is 84.1 Å². The van der Waals surface area contributed by atoms with Gasteiger partial charge in [0.1, 0.15) is 0 Å². The van der Waals surface area contributed by atoms with E-state index in [0.717, 1.165) is 5.56 Å². The van der Waals surface area contributed by atoms with E-state index in [-0.39, 0.29) is 5.91 Å². The number of ether oxygens (including phenoxy) is 1. The molecule has 3 heteroatoms. The van der Waals surface area contributed by atoms with Gasteiger partial charge < -0.3 is 10.1 Å². The zero-order valence-electron chi connectivity index (χ0n) is 8.54. The minimum atomic E-state index is -0.0537. The van der Waals surface area contributed by atoms with E-state index in [9.17, 15) is 4.79 Å². The van der Waals surface area contributed by atoms with Crippen molar-refractivity contribution in [3.05, 3.63) is 35.4 Å². The number of methoxy groups -OCH3 is 1. The van der Waals surface area contributed by atoms with Gasteiger partial charge >= 0.3 is 0 Å². The first-order valence-electron chi connectivity index (χ1n) is 4.58. The van der Waals surface area contributed by atoms with Gasteiger partial charge in [-0.3, -0.25) is 4.79 Å². The van der Waals surface area contributed by atoms with Crippen molar-refractivity contribution in [1.29, 1.82) is 0 Å². The smallest absolute Gasteiger partial charge is 0.251 e. The number of amides is 1. The predicted octanol–water partition coefficient (Wildman–Crippen LogP) is 1.37. The molecule has 0 fully saturated rings. The van der Waals surface area contributed by atoms with Crippen LogP contribution in [0.2, 0.25) is 0 Å². The zero-order valence-corrected chi connectivity index (χ0v) is 8.54. The van der Waals surface area contributed by atoms with Crippen LogP contribution in [0.5, 0.6) is 0 Å². The number of carbonyl (C=O) groups is 1. The molecule has 0 bridgehead atoms. The van der Waals surface area contributed by atoms with E-state index in [4.69, 9.17) is 4.74 Å². The second-order valence-electron chi connectivity index (χ2n) is 3.11. The summed E-state index contributed by atoms with van der Waals surface area (Å²) >= 11 is 0. The van der Waals surface area contributed by atoms with Crippen LogP contribution >= 0.6 is 0 Å². The van der Waals surface area contributed by atoms with E-state index < -0.39 is 0 Å². The molecule has 0 radical (unpaired) electrons. The summed E-state index contributed by atoms with van der Waals surface area (Å²) in [6.45, 7) is 3.08. The number of hydrogen-bond donors (Lipinski definition) is 1. The maximum atomic E-state index is 11.5. The number of aryl methyl sites for hydroxylation is 1. The minimum absolute atomic E-state index is 0.0537. The second-order valence-corrected chi connectivity index (χ2v) is 3.11. The maximum absolute atomic E-state index is 11.5. The van der Waals surface area contributed by atoms with Crippen molar-refractivity contribution in [1.82, 2.24) is 5.32 Å². The Kier molecular flexibility index (Phi) is 4.13. The molecular formula is C11H15NO2. The number of nitrogens with one attached hydrogen (secondary N) is 1. The lowest BCUT2D eigenvalue weighted by Gasteiger charge is -2.04. The predicted molar refractivity (Wildman–Crippen MR) is 55.4 cm³/mol. The first-order chi connectivity index (χ1) is 6.74. The van der Waals surface area contributed by atoms with E-state index in [1.165, 1.54) is 0 Å². The summed E-state index contributed by atoms with van der Waals surface area (Å²) in [5.74, 6) is -0.0537. The Bertz CT molecular complexity index is 293. The van der Waals surface area contributed by atoms with Gasteiger partial charge in [-0.1, -0.05) is 17.7 Å². The monoisotopic (exact) mass is 193 g/mol. The standard InChI is InChI=1S/C11H15NO2/c1-9-3-5-10(6-4-9)11(13)12-7-8-14-2/h3-6H,7-8H2,1-2H3,(H,12,13). The Morgan fingerprint density at radius 3 is 2.57 bits per heavy atom. The number of benzene rings is 1. The van der Waals surface area contributed by atoms with E-state index in [1.807, 2.05) is 31.2 Å². The van der Waals surface area contributed by atoms with Gasteiger partial charge in [-0.05, 0) is 19.1 Å². The minimum Gasteiger partial charge on any atom is -0.383 e. The highest BCUT2D eigenvalue weighted by atomic mass is 16.5. The number of hydrogen-bond acceptors (Lipinski definition) is 2. The molecule has 1 rings (SSSR count). The molecule has 1 aromatic rings. The van der Waals surface area contributed by atoms with Crippen LogP contribution in [-0.4, -0.2) is 26.2 Å². The van der Waals surface area contributed by atoms with Gasteiger partial charge in [-0.2, -0.15) is 0 Å². The van der Waals surface area contributed by atoms with E-state index in [1.54, 1.807) is 7.11 Å². The topological polar surface area (TPSA) is 38.3 Å². The molecule has 0 saturated carbocycles. The van der Waals surface area contributed by atoms with Crippen LogP contribution in [0.1, 0.15) is 15.9 Å². The van der Waals surface area contributed by atoms with Crippen LogP contribution in [0.3, 0.4) is 0 Å². The molecule has 3 nitrogen and oxygen atoms in total. The van der Waals surface area contributed by atoms with Gasteiger partial charge in [0.05, 0.1) is 6.61 Å². The molecule has 0 aromatic heterocycles. The third kappa shape index (κ3) is 3.18. The normalized spacial score (nSPS) is 9.86. The fourth-order valence-electron chi connectivity index (χ4n) is 1.07. The fraction of sp³-hybridized carbons (Fsp3) is 0.364. The molecule has 0 aliphatic rings.